The van der Waals surface area contributed by atoms with Gasteiger partial charge in [0.15, 0.2) is 0 Å². The molecule has 0 spiro atoms. The van der Waals surface area contributed by atoms with E-state index >= 15 is 0 Å². The molecule has 1 saturated heterocycles. The fourth-order valence-corrected chi connectivity index (χ4v) is 3.32. The quantitative estimate of drug-likeness (QED) is 0.569. The summed E-state index contributed by atoms with van der Waals surface area (Å²) >= 11 is 0. The van der Waals surface area contributed by atoms with E-state index in [1.807, 2.05) is 25.7 Å². The summed E-state index contributed by atoms with van der Waals surface area (Å²) in [5.41, 5.74) is 6.06. The first-order valence-corrected chi connectivity index (χ1v) is 9.84. The molecule has 7 nitrogen and oxygen atoms in total. The normalized spacial score (nSPS) is 18.1. The van der Waals surface area contributed by atoms with Crippen molar-refractivity contribution in [1.29, 1.82) is 0 Å². The van der Waals surface area contributed by atoms with Crippen LogP contribution in [0.3, 0.4) is 0 Å². The molecular weight excluding hydrogens is 397 g/mol. The molecule has 2 aliphatic heterocycles. The number of ether oxygens (including phenoxy) is 1. The van der Waals surface area contributed by atoms with Crippen molar-refractivity contribution in [1.82, 2.24) is 10.2 Å². The van der Waals surface area contributed by atoms with Crippen molar-refractivity contribution >= 4 is 69.3 Å². The fourth-order valence-electron chi connectivity index (χ4n) is 3.32. The van der Waals surface area contributed by atoms with Gasteiger partial charge in [-0.1, -0.05) is 12.1 Å². The van der Waals surface area contributed by atoms with Gasteiger partial charge in [-0.3, -0.25) is 14.9 Å². The van der Waals surface area contributed by atoms with Crippen LogP contribution in [0.2, 0.25) is 0 Å². The van der Waals surface area contributed by atoms with E-state index in [2.05, 4.69) is 5.32 Å². The van der Waals surface area contributed by atoms with Crippen LogP contribution in [0.5, 0.6) is 0 Å². The Labute approximate surface area is 215 Å². The third kappa shape index (κ3) is 8.47. The number of fused-ring (bicyclic) bond motifs is 1. The number of nitrogens with one attached hydrogen (secondary N) is 1. The van der Waals surface area contributed by atoms with Crippen molar-refractivity contribution in [3.8, 4) is 0 Å². The average molecular weight is 429 g/mol. The van der Waals surface area contributed by atoms with Crippen LogP contribution < -0.4 is 11.1 Å². The van der Waals surface area contributed by atoms with Gasteiger partial charge in [-0.15, -0.1) is 0 Å². The van der Waals surface area contributed by atoms with Gasteiger partial charge in [-0.2, -0.15) is 0 Å². The molecule has 1 unspecified atom stereocenters. The summed E-state index contributed by atoms with van der Waals surface area (Å²) in [6, 6.07) is 6.74. The van der Waals surface area contributed by atoms with Gasteiger partial charge in [-0.25, -0.2) is 4.79 Å². The predicted octanol–water partition coefficient (Wildman–Crippen LogP) is 2.56. The third-order valence-electron chi connectivity index (χ3n) is 4.63. The van der Waals surface area contributed by atoms with E-state index in [1.54, 1.807) is 24.3 Å². The maximum absolute atomic E-state index is 11.9. The molecule has 1 fully saturated rings. The van der Waals surface area contributed by atoms with Crippen molar-refractivity contribution in [2.75, 3.05) is 19.6 Å². The first-order valence-electron chi connectivity index (χ1n) is 9.84. The largest absolute Gasteiger partial charge is 0.444 e. The molecule has 1 aromatic rings. The van der Waals surface area contributed by atoms with Crippen molar-refractivity contribution in [3.63, 3.8) is 0 Å². The second kappa shape index (κ2) is 12.2. The molecule has 29 heavy (non-hydrogen) atoms. The smallest absolute Gasteiger partial charge is 0.410 e. The van der Waals surface area contributed by atoms with Crippen molar-refractivity contribution in [2.24, 2.45) is 11.7 Å². The molecule has 0 saturated carbocycles. The van der Waals surface area contributed by atoms with Crippen LogP contribution in [-0.2, 0) is 4.74 Å². The third-order valence-corrected chi connectivity index (χ3v) is 4.63. The summed E-state index contributed by atoms with van der Waals surface area (Å²) < 4.78 is 5.39. The first-order chi connectivity index (χ1) is 13.2. The van der Waals surface area contributed by atoms with Crippen LogP contribution in [0.1, 0.15) is 67.2 Å². The molecule has 0 aliphatic carbocycles. The van der Waals surface area contributed by atoms with Crippen LogP contribution in [0, 0.1) is 5.92 Å². The summed E-state index contributed by atoms with van der Waals surface area (Å²) in [6.07, 6.45) is 4.28. The van der Waals surface area contributed by atoms with Crippen LogP contribution in [-0.4, -0.2) is 99.4 Å². The summed E-state index contributed by atoms with van der Waals surface area (Å²) in [5.74, 6) is -0.00369. The Kier molecular flexibility index (Phi) is 11.0. The molecule has 1 atom stereocenters. The van der Waals surface area contributed by atoms with E-state index in [1.165, 1.54) is 6.42 Å². The maximum atomic E-state index is 11.9. The van der Waals surface area contributed by atoms with Crippen LogP contribution >= 0.6 is 0 Å². The van der Waals surface area contributed by atoms with Crippen LogP contribution in [0.15, 0.2) is 24.3 Å². The zero-order chi connectivity index (χ0) is 20.7. The zero-order valence-corrected chi connectivity index (χ0v) is 21.1. The Hall–Kier alpha value is -0.774. The van der Waals surface area contributed by atoms with Gasteiger partial charge in [-0.05, 0) is 71.0 Å². The van der Waals surface area contributed by atoms with Gasteiger partial charge >= 0.3 is 6.09 Å². The first kappa shape index (κ1) is 26.3. The molecule has 2 aliphatic rings. The fraction of sp³-hybridized carbons (Fsp3) is 0.571. The molecule has 8 heteroatoms. The average Bonchev–Trinajstić information content (AvgIpc) is 2.94. The minimum absolute atomic E-state index is 0. The number of carbonyl (C=O) groups is 3. The van der Waals surface area contributed by atoms with E-state index in [-0.39, 0.29) is 69.3 Å². The number of hydrogen-bond donors (Lipinski definition) is 2. The van der Waals surface area contributed by atoms with Crippen molar-refractivity contribution in [2.45, 2.75) is 52.1 Å². The number of hydrogen-bond acceptors (Lipinski definition) is 5. The number of rotatable bonds is 3. The molecule has 3 N–H and O–H groups in total. The second-order valence-electron chi connectivity index (χ2n) is 8.19. The minimum atomic E-state index is -0.402. The maximum Gasteiger partial charge on any atom is 0.410 e. The number of nitrogens with zero attached hydrogens (tertiary/aromatic N) is 1. The Morgan fingerprint density at radius 2 is 1.79 bits per heavy atom. The number of benzene rings is 1. The molecule has 0 bridgehead atoms. The number of nitrogens with two attached hydrogens (primary N) is 1. The second-order valence-corrected chi connectivity index (χ2v) is 8.19. The molecule has 1 aromatic carbocycles. The number of imide groups is 1. The number of amides is 3. The van der Waals surface area contributed by atoms with E-state index < -0.39 is 5.60 Å². The van der Waals surface area contributed by atoms with Crippen molar-refractivity contribution < 1.29 is 19.1 Å². The minimum Gasteiger partial charge on any atom is -0.444 e. The van der Waals surface area contributed by atoms with E-state index in [0.717, 1.165) is 38.9 Å². The van der Waals surface area contributed by atoms with Gasteiger partial charge in [0.05, 0.1) is 11.1 Å². The van der Waals surface area contributed by atoms with E-state index in [9.17, 15) is 14.4 Å². The standard InChI is InChI=1S/C13H26N2O2.C8H5NO2.K/c1-13(2,3)17-12(16)15-9-5-7-11(10-15)6-4-8-14;10-7-5-3-1-2-4-6(5)8(11)9-7;/h11H,4-10,14H2,1-3H3;1-4H,(H,9,10,11);. The van der Waals surface area contributed by atoms with Crippen LogP contribution in [0.25, 0.3) is 0 Å². The number of likely N-dealkylation sites (tertiary alicyclic amines) is 1. The molecule has 3 amide bonds. The van der Waals surface area contributed by atoms with Crippen LogP contribution in [0.4, 0.5) is 4.79 Å². The van der Waals surface area contributed by atoms with Gasteiger partial charge in [0.2, 0.25) is 0 Å². The summed E-state index contributed by atoms with van der Waals surface area (Å²) in [5, 5.41) is 2.20. The van der Waals surface area contributed by atoms with E-state index in [0.29, 0.717) is 17.0 Å². The zero-order valence-electron chi connectivity index (χ0n) is 18.0. The Morgan fingerprint density at radius 3 is 2.31 bits per heavy atom. The number of piperidine rings is 1. The monoisotopic (exact) mass is 428 g/mol. The topological polar surface area (TPSA) is 102 Å². The SMILES string of the molecule is CC(C)(C)OC(=O)N1CCCC(CCCN)C1.O=C1NC(=O)c2ccccc21.[K]. The van der Waals surface area contributed by atoms with Gasteiger partial charge in [0, 0.05) is 64.5 Å². The Morgan fingerprint density at radius 1 is 1.21 bits per heavy atom. The summed E-state index contributed by atoms with van der Waals surface area (Å²) in [7, 11) is 0. The summed E-state index contributed by atoms with van der Waals surface area (Å²) in [4.78, 5) is 35.6. The van der Waals surface area contributed by atoms with Gasteiger partial charge in [0.1, 0.15) is 5.60 Å². The van der Waals surface area contributed by atoms with E-state index in [4.69, 9.17) is 10.5 Å². The molecule has 3 rings (SSSR count). The predicted molar refractivity (Wildman–Crippen MR) is 113 cm³/mol. The Bertz CT molecular complexity index is 685. The van der Waals surface area contributed by atoms with Gasteiger partial charge < -0.3 is 15.4 Å². The Balaban J connectivity index is 0.000000302. The summed E-state index contributed by atoms with van der Waals surface area (Å²) in [6.45, 7) is 8.11. The number of carbonyl (C=O) groups excluding carboxylic acids is 3. The molecule has 0 aromatic heterocycles. The molecular formula is C21H31KN3O4. The van der Waals surface area contributed by atoms with Crippen molar-refractivity contribution in [3.05, 3.63) is 35.4 Å². The molecule has 2 heterocycles. The molecule has 1 radical (unpaired) electrons. The van der Waals surface area contributed by atoms with Gasteiger partial charge in [0.25, 0.3) is 11.8 Å². The molecule has 155 valence electrons.